The largest absolute Gasteiger partial charge is 0.497 e. The van der Waals surface area contributed by atoms with Gasteiger partial charge in [-0.1, -0.05) is 0 Å². The lowest BCUT2D eigenvalue weighted by Gasteiger charge is -2.19. The van der Waals surface area contributed by atoms with E-state index in [1.807, 2.05) is 13.1 Å². The Kier molecular flexibility index (Phi) is 9.51. The Balaban J connectivity index is 0.00000300. The molecule has 1 aromatic carbocycles. The third-order valence-corrected chi connectivity index (χ3v) is 6.06. The number of thiophene rings is 1. The number of rotatable bonds is 7. The number of ether oxygens (including phenoxy) is 2. The Labute approximate surface area is 194 Å². The summed E-state index contributed by atoms with van der Waals surface area (Å²) in [5.41, 5.74) is 2.53. The van der Waals surface area contributed by atoms with Crippen LogP contribution in [-0.2, 0) is 13.1 Å². The molecule has 0 amide bonds. The van der Waals surface area contributed by atoms with E-state index in [0.29, 0.717) is 6.04 Å². The maximum Gasteiger partial charge on any atom is 0.191 e. The van der Waals surface area contributed by atoms with Crippen LogP contribution >= 0.6 is 35.3 Å². The Morgan fingerprint density at radius 3 is 2.55 bits per heavy atom. The highest BCUT2D eigenvalue weighted by Crippen LogP contribution is 2.24. The first-order valence-electron chi connectivity index (χ1n) is 9.55. The van der Waals surface area contributed by atoms with Crippen molar-refractivity contribution in [2.24, 2.45) is 4.99 Å². The van der Waals surface area contributed by atoms with E-state index in [-0.39, 0.29) is 24.0 Å². The summed E-state index contributed by atoms with van der Waals surface area (Å²) in [7, 11) is 5.20. The molecule has 1 aliphatic rings. The van der Waals surface area contributed by atoms with Crippen molar-refractivity contribution in [3.05, 3.63) is 45.6 Å². The molecule has 0 aliphatic carbocycles. The molecule has 3 rings (SSSR count). The number of nitrogens with zero attached hydrogens (tertiary/aromatic N) is 2. The topological polar surface area (TPSA) is 58.1 Å². The summed E-state index contributed by atoms with van der Waals surface area (Å²) in [5, 5.41) is 9.12. The molecule has 1 saturated heterocycles. The van der Waals surface area contributed by atoms with Crippen LogP contribution in [0, 0.1) is 6.92 Å². The smallest absolute Gasteiger partial charge is 0.191 e. The minimum Gasteiger partial charge on any atom is -0.497 e. The third kappa shape index (κ3) is 6.75. The van der Waals surface area contributed by atoms with Gasteiger partial charge in [0.05, 0.1) is 20.8 Å². The van der Waals surface area contributed by atoms with E-state index in [1.165, 1.54) is 16.0 Å². The molecule has 0 radical (unpaired) electrons. The van der Waals surface area contributed by atoms with E-state index in [9.17, 15) is 0 Å². The predicted octanol–water partition coefficient (Wildman–Crippen LogP) is 3.63. The molecular weight excluding hydrogens is 499 g/mol. The van der Waals surface area contributed by atoms with E-state index in [4.69, 9.17) is 9.47 Å². The number of hydrogen-bond donors (Lipinski definition) is 2. The number of guanidine groups is 1. The second-order valence-electron chi connectivity index (χ2n) is 7.04. The van der Waals surface area contributed by atoms with Gasteiger partial charge in [0.15, 0.2) is 5.96 Å². The molecular formula is C21H31IN4O2S. The first-order chi connectivity index (χ1) is 13.6. The molecule has 29 heavy (non-hydrogen) atoms. The van der Waals surface area contributed by atoms with Gasteiger partial charge >= 0.3 is 0 Å². The molecule has 2 aromatic rings. The predicted molar refractivity (Wildman–Crippen MR) is 131 cm³/mol. The van der Waals surface area contributed by atoms with Gasteiger partial charge in [0, 0.05) is 43.7 Å². The third-order valence-electron chi connectivity index (χ3n) is 5.04. The second-order valence-corrected chi connectivity index (χ2v) is 8.04. The highest BCUT2D eigenvalue weighted by molar-refractivity contribution is 14.0. The molecule has 1 aliphatic heterocycles. The SMILES string of the molecule is CN=C(NCc1sccc1C)NC1CCN(Cc2cc(OC)cc(OC)c2)C1.I. The minimum absolute atomic E-state index is 0. The quantitative estimate of drug-likeness (QED) is 0.326. The van der Waals surface area contributed by atoms with Gasteiger partial charge in [0.25, 0.3) is 0 Å². The summed E-state index contributed by atoms with van der Waals surface area (Å²) >= 11 is 1.78. The van der Waals surface area contributed by atoms with E-state index in [2.05, 4.69) is 51.0 Å². The van der Waals surface area contributed by atoms with E-state index >= 15 is 0 Å². The Bertz CT molecular complexity index is 789. The fraction of sp³-hybridized carbons (Fsp3) is 0.476. The van der Waals surface area contributed by atoms with E-state index < -0.39 is 0 Å². The number of likely N-dealkylation sites (tertiary alicyclic amines) is 1. The van der Waals surface area contributed by atoms with Gasteiger partial charge in [-0.25, -0.2) is 0 Å². The number of nitrogens with one attached hydrogen (secondary N) is 2. The minimum atomic E-state index is 0. The molecule has 0 spiro atoms. The highest BCUT2D eigenvalue weighted by atomic mass is 127. The standard InChI is InChI=1S/C21H30N4O2S.HI/c1-15-6-8-28-20(15)12-23-21(22-2)24-17-5-7-25(14-17)13-16-9-18(26-3)11-19(10-16)27-4;/h6,8-11,17H,5,7,12-14H2,1-4H3,(H2,22,23,24);1H. The van der Waals surface area contributed by atoms with Crippen molar-refractivity contribution in [1.82, 2.24) is 15.5 Å². The Morgan fingerprint density at radius 2 is 1.97 bits per heavy atom. The van der Waals surface area contributed by atoms with Crippen molar-refractivity contribution in [2.75, 3.05) is 34.4 Å². The lowest BCUT2D eigenvalue weighted by molar-refractivity contribution is 0.321. The highest BCUT2D eigenvalue weighted by Gasteiger charge is 2.23. The Morgan fingerprint density at radius 1 is 1.24 bits per heavy atom. The second kappa shape index (κ2) is 11.6. The van der Waals surface area contributed by atoms with Gasteiger partial charge < -0.3 is 20.1 Å². The van der Waals surface area contributed by atoms with E-state index in [0.717, 1.165) is 50.1 Å². The van der Waals surface area contributed by atoms with Gasteiger partial charge in [-0.05, 0) is 48.1 Å². The van der Waals surface area contributed by atoms with Gasteiger partial charge in [0.1, 0.15) is 11.5 Å². The number of hydrogen-bond acceptors (Lipinski definition) is 5. The van der Waals surface area contributed by atoms with Crippen LogP contribution < -0.4 is 20.1 Å². The first-order valence-corrected chi connectivity index (χ1v) is 10.4. The van der Waals surface area contributed by atoms with Crippen molar-refractivity contribution in [3.63, 3.8) is 0 Å². The van der Waals surface area contributed by atoms with Gasteiger partial charge in [-0.15, -0.1) is 35.3 Å². The van der Waals surface area contributed by atoms with Crippen LogP contribution in [0.4, 0.5) is 0 Å². The summed E-state index contributed by atoms with van der Waals surface area (Å²) in [6, 6.07) is 8.60. The normalized spacial score (nSPS) is 17.0. The van der Waals surface area contributed by atoms with Crippen LogP contribution in [-0.4, -0.2) is 51.3 Å². The lowest BCUT2D eigenvalue weighted by Crippen LogP contribution is -2.44. The van der Waals surface area contributed by atoms with E-state index in [1.54, 1.807) is 25.6 Å². The fourth-order valence-corrected chi connectivity index (χ4v) is 4.29. The van der Waals surface area contributed by atoms with Gasteiger partial charge in [-0.3, -0.25) is 9.89 Å². The van der Waals surface area contributed by atoms with Crippen molar-refractivity contribution in [3.8, 4) is 11.5 Å². The number of aliphatic imine (C=N–C) groups is 1. The molecule has 160 valence electrons. The zero-order chi connectivity index (χ0) is 19.9. The van der Waals surface area contributed by atoms with Gasteiger partial charge in [0.2, 0.25) is 0 Å². The molecule has 6 nitrogen and oxygen atoms in total. The average Bonchev–Trinajstić information content (AvgIpc) is 3.33. The van der Waals surface area contributed by atoms with Gasteiger partial charge in [-0.2, -0.15) is 0 Å². The van der Waals surface area contributed by atoms with Crippen LogP contribution in [0.3, 0.4) is 0 Å². The molecule has 1 aromatic heterocycles. The summed E-state index contributed by atoms with van der Waals surface area (Å²) < 4.78 is 10.8. The first kappa shape index (κ1) is 23.8. The molecule has 2 N–H and O–H groups in total. The summed E-state index contributed by atoms with van der Waals surface area (Å²) in [5.74, 6) is 2.52. The summed E-state index contributed by atoms with van der Waals surface area (Å²) in [4.78, 5) is 8.18. The molecule has 0 saturated carbocycles. The molecule has 0 bridgehead atoms. The maximum atomic E-state index is 5.38. The number of aryl methyl sites for hydroxylation is 1. The molecule has 1 fully saturated rings. The average molecular weight is 530 g/mol. The number of methoxy groups -OCH3 is 2. The Hall–Kier alpha value is -1.52. The van der Waals surface area contributed by atoms with Crippen molar-refractivity contribution < 1.29 is 9.47 Å². The van der Waals surface area contributed by atoms with Crippen LogP contribution in [0.1, 0.15) is 22.4 Å². The molecule has 1 unspecified atom stereocenters. The van der Waals surface area contributed by atoms with Crippen LogP contribution in [0.5, 0.6) is 11.5 Å². The van der Waals surface area contributed by atoms with Crippen LogP contribution in [0.25, 0.3) is 0 Å². The fourth-order valence-electron chi connectivity index (χ4n) is 3.45. The molecule has 8 heteroatoms. The van der Waals surface area contributed by atoms with Crippen LogP contribution in [0.2, 0.25) is 0 Å². The van der Waals surface area contributed by atoms with Crippen LogP contribution in [0.15, 0.2) is 34.6 Å². The molecule has 1 atom stereocenters. The lowest BCUT2D eigenvalue weighted by atomic mass is 10.2. The monoisotopic (exact) mass is 530 g/mol. The zero-order valence-electron chi connectivity index (χ0n) is 17.5. The van der Waals surface area contributed by atoms with Crippen molar-refractivity contribution in [2.45, 2.75) is 32.5 Å². The maximum absolute atomic E-state index is 5.38. The van der Waals surface area contributed by atoms with Crippen molar-refractivity contribution in [1.29, 1.82) is 0 Å². The number of benzene rings is 1. The molecule has 2 heterocycles. The van der Waals surface area contributed by atoms with Crippen molar-refractivity contribution >= 4 is 41.3 Å². The zero-order valence-corrected chi connectivity index (χ0v) is 20.7. The summed E-state index contributed by atoms with van der Waals surface area (Å²) in [6.07, 6.45) is 1.10. The summed E-state index contributed by atoms with van der Waals surface area (Å²) in [6.45, 7) is 5.87. The number of halogens is 1.